The van der Waals surface area contributed by atoms with Gasteiger partial charge in [0.2, 0.25) is 5.91 Å². The first-order valence-electron chi connectivity index (χ1n) is 7.05. The third-order valence-corrected chi connectivity index (χ3v) is 3.34. The van der Waals surface area contributed by atoms with Gasteiger partial charge < -0.3 is 10.3 Å². The third kappa shape index (κ3) is 3.15. The van der Waals surface area contributed by atoms with Gasteiger partial charge in [-0.25, -0.2) is 4.98 Å². The van der Waals surface area contributed by atoms with Crippen molar-refractivity contribution in [1.29, 1.82) is 0 Å². The molecule has 0 aliphatic rings. The van der Waals surface area contributed by atoms with Crippen molar-refractivity contribution in [2.75, 3.05) is 5.32 Å². The van der Waals surface area contributed by atoms with E-state index in [0.717, 1.165) is 22.4 Å². The van der Waals surface area contributed by atoms with E-state index in [0.29, 0.717) is 18.5 Å². The summed E-state index contributed by atoms with van der Waals surface area (Å²) in [6.07, 6.45) is 6.27. The molecule has 0 fully saturated rings. The second-order valence-electron chi connectivity index (χ2n) is 4.97. The summed E-state index contributed by atoms with van der Waals surface area (Å²) in [6, 6.07) is 15.1. The van der Waals surface area contributed by atoms with Crippen LogP contribution in [0.3, 0.4) is 0 Å². The van der Waals surface area contributed by atoms with E-state index in [1.54, 1.807) is 6.07 Å². The molecule has 22 heavy (non-hydrogen) atoms. The van der Waals surface area contributed by atoms with E-state index in [9.17, 15) is 4.79 Å². The molecule has 0 saturated heterocycles. The summed E-state index contributed by atoms with van der Waals surface area (Å²) in [5.41, 5.74) is 3.36. The maximum Gasteiger partial charge on any atom is 0.224 e. The fourth-order valence-corrected chi connectivity index (χ4v) is 2.27. The summed E-state index contributed by atoms with van der Waals surface area (Å²) in [6.45, 7) is 0. The summed E-state index contributed by atoms with van der Waals surface area (Å²) >= 11 is 0. The van der Waals surface area contributed by atoms with Crippen molar-refractivity contribution in [2.24, 2.45) is 0 Å². The van der Waals surface area contributed by atoms with Gasteiger partial charge in [-0.15, -0.1) is 6.42 Å². The van der Waals surface area contributed by atoms with Crippen LogP contribution in [0, 0.1) is 12.3 Å². The molecule has 0 saturated carbocycles. The van der Waals surface area contributed by atoms with Gasteiger partial charge in [0, 0.05) is 24.1 Å². The topological polar surface area (TPSA) is 57.8 Å². The van der Waals surface area contributed by atoms with Crippen LogP contribution in [0.4, 0.5) is 5.69 Å². The van der Waals surface area contributed by atoms with Gasteiger partial charge in [0.1, 0.15) is 5.82 Å². The van der Waals surface area contributed by atoms with Gasteiger partial charge in [-0.05, 0) is 30.3 Å². The average molecular weight is 289 g/mol. The monoisotopic (exact) mass is 289 g/mol. The van der Waals surface area contributed by atoms with Crippen LogP contribution in [-0.2, 0) is 11.2 Å². The fourth-order valence-electron chi connectivity index (χ4n) is 2.27. The van der Waals surface area contributed by atoms with Crippen LogP contribution in [0.15, 0.2) is 48.5 Å². The SMILES string of the molecule is C#Cc1cccc(NC(=O)CCc2nc3ccccc3[nH]2)c1. The lowest BCUT2D eigenvalue weighted by molar-refractivity contribution is -0.116. The van der Waals surface area contributed by atoms with Crippen LogP contribution < -0.4 is 5.32 Å². The quantitative estimate of drug-likeness (QED) is 0.725. The van der Waals surface area contributed by atoms with Gasteiger partial charge in [0.15, 0.2) is 0 Å². The highest BCUT2D eigenvalue weighted by Gasteiger charge is 2.07. The number of aryl methyl sites for hydroxylation is 1. The zero-order valence-electron chi connectivity index (χ0n) is 12.0. The molecule has 1 heterocycles. The van der Waals surface area contributed by atoms with E-state index in [-0.39, 0.29) is 5.91 Å². The molecule has 0 aliphatic carbocycles. The Hall–Kier alpha value is -3.06. The molecule has 1 aromatic heterocycles. The first-order chi connectivity index (χ1) is 10.7. The third-order valence-electron chi connectivity index (χ3n) is 3.34. The van der Waals surface area contributed by atoms with Crippen molar-refractivity contribution in [3.63, 3.8) is 0 Å². The predicted octanol–water partition coefficient (Wildman–Crippen LogP) is 3.12. The van der Waals surface area contributed by atoms with Crippen LogP contribution in [0.1, 0.15) is 17.8 Å². The highest BCUT2D eigenvalue weighted by atomic mass is 16.1. The van der Waals surface area contributed by atoms with Crippen LogP contribution in [0.25, 0.3) is 11.0 Å². The molecule has 0 spiro atoms. The number of imidazole rings is 1. The summed E-state index contributed by atoms with van der Waals surface area (Å²) in [5, 5.41) is 2.84. The van der Waals surface area contributed by atoms with Gasteiger partial charge in [0.25, 0.3) is 0 Å². The fraction of sp³-hybridized carbons (Fsp3) is 0.111. The highest BCUT2D eigenvalue weighted by Crippen LogP contribution is 2.13. The number of aromatic amines is 1. The number of para-hydroxylation sites is 2. The number of carbonyl (C=O) groups excluding carboxylic acids is 1. The van der Waals surface area contributed by atoms with E-state index in [4.69, 9.17) is 6.42 Å². The number of nitrogens with zero attached hydrogens (tertiary/aromatic N) is 1. The molecule has 0 bridgehead atoms. The highest BCUT2D eigenvalue weighted by molar-refractivity contribution is 5.91. The number of H-pyrrole nitrogens is 1. The normalized spacial score (nSPS) is 10.3. The Kier molecular flexibility index (Phi) is 3.88. The molecule has 3 aromatic rings. The molecule has 0 aliphatic heterocycles. The van der Waals surface area contributed by atoms with Crippen LogP contribution in [0.2, 0.25) is 0 Å². The molecule has 4 heteroatoms. The lowest BCUT2D eigenvalue weighted by Gasteiger charge is -2.04. The Balaban J connectivity index is 1.61. The number of carbonyl (C=O) groups is 1. The van der Waals surface area contributed by atoms with E-state index in [1.807, 2.05) is 42.5 Å². The lowest BCUT2D eigenvalue weighted by Crippen LogP contribution is -2.12. The van der Waals surface area contributed by atoms with Crippen LogP contribution >= 0.6 is 0 Å². The number of anilines is 1. The van der Waals surface area contributed by atoms with Gasteiger partial charge in [-0.2, -0.15) is 0 Å². The molecular formula is C18H15N3O. The van der Waals surface area contributed by atoms with E-state index >= 15 is 0 Å². The number of amides is 1. The zero-order valence-corrected chi connectivity index (χ0v) is 12.0. The summed E-state index contributed by atoms with van der Waals surface area (Å²) in [7, 11) is 0. The van der Waals surface area contributed by atoms with Crippen molar-refractivity contribution in [1.82, 2.24) is 9.97 Å². The Morgan fingerprint density at radius 2 is 2.09 bits per heavy atom. The smallest absolute Gasteiger partial charge is 0.224 e. The number of nitrogens with one attached hydrogen (secondary N) is 2. The Morgan fingerprint density at radius 3 is 2.91 bits per heavy atom. The second-order valence-corrected chi connectivity index (χ2v) is 4.97. The minimum Gasteiger partial charge on any atom is -0.342 e. The average Bonchev–Trinajstić information content (AvgIpc) is 2.96. The van der Waals surface area contributed by atoms with E-state index in [1.165, 1.54) is 0 Å². The van der Waals surface area contributed by atoms with Gasteiger partial charge in [-0.3, -0.25) is 4.79 Å². The largest absolute Gasteiger partial charge is 0.342 e. The zero-order chi connectivity index (χ0) is 15.4. The number of fused-ring (bicyclic) bond motifs is 1. The molecule has 0 atom stereocenters. The van der Waals surface area contributed by atoms with E-state index in [2.05, 4.69) is 21.2 Å². The van der Waals surface area contributed by atoms with Crippen molar-refractivity contribution in [3.8, 4) is 12.3 Å². The summed E-state index contributed by atoms with van der Waals surface area (Å²) in [4.78, 5) is 19.7. The van der Waals surface area contributed by atoms with Gasteiger partial charge in [-0.1, -0.05) is 24.1 Å². The van der Waals surface area contributed by atoms with Crippen LogP contribution in [-0.4, -0.2) is 15.9 Å². The first kappa shape index (κ1) is 13.9. The number of benzene rings is 2. The van der Waals surface area contributed by atoms with Gasteiger partial charge in [0.05, 0.1) is 11.0 Å². The summed E-state index contributed by atoms with van der Waals surface area (Å²) < 4.78 is 0. The first-order valence-corrected chi connectivity index (χ1v) is 7.05. The summed E-state index contributed by atoms with van der Waals surface area (Å²) in [5.74, 6) is 3.30. The standard InChI is InChI=1S/C18H15N3O/c1-2-13-6-5-7-14(12-13)19-18(22)11-10-17-20-15-8-3-4-9-16(15)21-17/h1,3-9,12H,10-11H2,(H,19,22)(H,20,21). The Bertz CT molecular complexity index is 825. The number of rotatable bonds is 4. The maximum absolute atomic E-state index is 12.0. The predicted molar refractivity (Wildman–Crippen MR) is 87.4 cm³/mol. The molecule has 2 aromatic carbocycles. The minimum absolute atomic E-state index is 0.0605. The Labute approximate surface area is 128 Å². The number of terminal acetylenes is 1. The van der Waals surface area contributed by atoms with Gasteiger partial charge >= 0.3 is 0 Å². The molecule has 4 nitrogen and oxygen atoms in total. The molecule has 3 rings (SSSR count). The molecule has 108 valence electrons. The van der Waals surface area contributed by atoms with Crippen molar-refractivity contribution < 1.29 is 4.79 Å². The number of hydrogen-bond donors (Lipinski definition) is 2. The van der Waals surface area contributed by atoms with Crippen molar-refractivity contribution >= 4 is 22.6 Å². The Morgan fingerprint density at radius 1 is 1.23 bits per heavy atom. The maximum atomic E-state index is 12.0. The van der Waals surface area contributed by atoms with Crippen molar-refractivity contribution in [3.05, 3.63) is 59.9 Å². The molecule has 1 amide bonds. The second kappa shape index (κ2) is 6.15. The van der Waals surface area contributed by atoms with E-state index < -0.39 is 0 Å². The molecular weight excluding hydrogens is 274 g/mol. The molecule has 2 N–H and O–H groups in total. The number of aromatic nitrogens is 2. The molecule has 0 unspecified atom stereocenters. The number of hydrogen-bond acceptors (Lipinski definition) is 2. The molecule has 0 radical (unpaired) electrons. The minimum atomic E-state index is -0.0605. The lowest BCUT2D eigenvalue weighted by atomic mass is 10.2. The van der Waals surface area contributed by atoms with Crippen LogP contribution in [0.5, 0.6) is 0 Å². The van der Waals surface area contributed by atoms with Crippen molar-refractivity contribution in [2.45, 2.75) is 12.8 Å².